The van der Waals surface area contributed by atoms with E-state index in [-0.39, 0.29) is 12.8 Å². The molecule has 2 amide bonds. The molecule has 2 aromatic carbocycles. The van der Waals surface area contributed by atoms with Gasteiger partial charge in [-0.05, 0) is 56.2 Å². The van der Waals surface area contributed by atoms with Gasteiger partial charge in [-0.2, -0.15) is 0 Å². The van der Waals surface area contributed by atoms with Crippen molar-refractivity contribution in [3.63, 3.8) is 0 Å². The minimum Gasteiger partial charge on any atom is -0.467 e. The van der Waals surface area contributed by atoms with Crippen LogP contribution in [0.15, 0.2) is 42.5 Å². The zero-order chi connectivity index (χ0) is 25.9. The number of anilines is 1. The van der Waals surface area contributed by atoms with E-state index in [1.165, 1.54) is 31.0 Å². The van der Waals surface area contributed by atoms with Crippen molar-refractivity contribution < 1.29 is 28.6 Å². The molecule has 2 N–H and O–H groups in total. The number of carbonyl (C=O) groups excluding carboxylic acids is 3. The number of ether oxygens (including phenoxy) is 3. The van der Waals surface area contributed by atoms with E-state index in [1.807, 2.05) is 12.1 Å². The molecule has 188 valence electrons. The largest absolute Gasteiger partial charge is 0.467 e. The smallest absolute Gasteiger partial charge is 0.410 e. The van der Waals surface area contributed by atoms with Gasteiger partial charge in [0, 0.05) is 26.9 Å². The van der Waals surface area contributed by atoms with Crippen molar-refractivity contribution in [2.45, 2.75) is 51.3 Å². The van der Waals surface area contributed by atoms with Crippen LogP contribution in [0.4, 0.5) is 10.5 Å². The number of hydrogen-bond acceptors (Lipinski definition) is 7. The van der Waals surface area contributed by atoms with Gasteiger partial charge in [-0.25, -0.2) is 9.59 Å². The fraction of sp³-hybridized carbons (Fsp3) is 0.423. The van der Waals surface area contributed by atoms with Crippen LogP contribution >= 0.6 is 0 Å². The first kappa shape index (κ1) is 25.9. The first-order valence-corrected chi connectivity index (χ1v) is 11.3. The normalized spacial score (nSPS) is 18.3. The molecule has 0 saturated heterocycles. The van der Waals surface area contributed by atoms with Gasteiger partial charge in [-0.1, -0.05) is 18.2 Å². The summed E-state index contributed by atoms with van der Waals surface area (Å²) in [4.78, 5) is 42.0. The van der Waals surface area contributed by atoms with E-state index in [1.54, 1.807) is 51.1 Å². The number of nitrogens with two attached hydrogens (primary N) is 1. The number of carbonyl (C=O) groups is 3. The summed E-state index contributed by atoms with van der Waals surface area (Å²) >= 11 is 0. The van der Waals surface area contributed by atoms with Crippen molar-refractivity contribution in [1.29, 1.82) is 0 Å². The minimum absolute atomic E-state index is 0.173. The lowest BCUT2D eigenvalue weighted by molar-refractivity contribution is -0.153. The second kappa shape index (κ2) is 10.2. The highest BCUT2D eigenvalue weighted by atomic mass is 16.6. The molecular formula is C26H33N3O6. The van der Waals surface area contributed by atoms with Gasteiger partial charge >= 0.3 is 12.1 Å². The molecule has 0 unspecified atom stereocenters. The van der Waals surface area contributed by atoms with E-state index in [9.17, 15) is 14.4 Å². The lowest BCUT2D eigenvalue weighted by Crippen LogP contribution is -2.55. The van der Waals surface area contributed by atoms with Crippen molar-refractivity contribution in [2.75, 3.05) is 26.9 Å². The van der Waals surface area contributed by atoms with Gasteiger partial charge in [0.05, 0.1) is 12.8 Å². The molecule has 0 aliphatic carbocycles. The number of esters is 1. The Morgan fingerprint density at radius 1 is 1.09 bits per heavy atom. The van der Waals surface area contributed by atoms with Crippen molar-refractivity contribution in [3.05, 3.63) is 53.6 Å². The highest BCUT2D eigenvalue weighted by Crippen LogP contribution is 2.30. The van der Waals surface area contributed by atoms with Gasteiger partial charge < -0.3 is 24.8 Å². The number of rotatable bonds is 2. The summed E-state index contributed by atoms with van der Waals surface area (Å²) in [5.74, 6) is 0.0307. The Balaban J connectivity index is 2.07. The molecule has 2 atom stereocenters. The predicted octanol–water partition coefficient (Wildman–Crippen LogP) is 3.40. The molecule has 4 rings (SSSR count). The molecule has 0 aromatic heterocycles. The maximum atomic E-state index is 13.8. The summed E-state index contributed by atoms with van der Waals surface area (Å²) in [7, 11) is 4.32. The third-order valence-corrected chi connectivity index (χ3v) is 5.81. The highest BCUT2D eigenvalue weighted by molar-refractivity contribution is 5.90. The minimum atomic E-state index is -0.928. The molecule has 9 heteroatoms. The monoisotopic (exact) mass is 483 g/mol. The van der Waals surface area contributed by atoms with Crippen LogP contribution < -0.4 is 10.5 Å². The predicted molar refractivity (Wildman–Crippen MR) is 131 cm³/mol. The lowest BCUT2D eigenvalue weighted by Gasteiger charge is -2.35. The Morgan fingerprint density at radius 2 is 1.71 bits per heavy atom. The van der Waals surface area contributed by atoms with Crippen molar-refractivity contribution >= 4 is 23.7 Å². The molecular weight excluding hydrogens is 450 g/mol. The standard InChI is InChI=1S/C26H33N3O6/c1-26(2,3)35-25(32)29(5)20-13-16-7-10-18(11-8-16)34-22-15-17(9-12-19(22)27)14-21(24(31)33-6)28(4)23(20)30/h7-12,15,20-21H,13-14,27H2,1-6H3/t20-,21-/m0/s1. The second-order valence-electron chi connectivity index (χ2n) is 9.62. The lowest BCUT2D eigenvalue weighted by atomic mass is 10.00. The van der Waals surface area contributed by atoms with Gasteiger partial charge in [0.1, 0.15) is 23.4 Å². The fourth-order valence-corrected chi connectivity index (χ4v) is 3.82. The van der Waals surface area contributed by atoms with Crippen LogP contribution in [0.3, 0.4) is 0 Å². The zero-order valence-corrected chi connectivity index (χ0v) is 21.0. The summed E-state index contributed by atoms with van der Waals surface area (Å²) < 4.78 is 16.5. The van der Waals surface area contributed by atoms with E-state index in [2.05, 4.69) is 0 Å². The van der Waals surface area contributed by atoms with Gasteiger partial charge in [0.25, 0.3) is 0 Å². The molecule has 2 aliphatic rings. The number of nitrogen functional groups attached to an aromatic ring is 1. The Hall–Kier alpha value is -3.75. The average Bonchev–Trinajstić information content (AvgIpc) is 2.80. The van der Waals surface area contributed by atoms with Gasteiger partial charge in [-0.3, -0.25) is 9.69 Å². The first-order valence-electron chi connectivity index (χ1n) is 11.3. The van der Waals surface area contributed by atoms with Crippen molar-refractivity contribution in [1.82, 2.24) is 9.80 Å². The number of fused-ring (bicyclic) bond motifs is 7. The molecule has 2 aromatic rings. The topological polar surface area (TPSA) is 111 Å². The zero-order valence-electron chi connectivity index (χ0n) is 21.0. The molecule has 2 aliphatic heterocycles. The maximum Gasteiger partial charge on any atom is 0.410 e. The van der Waals surface area contributed by atoms with Crippen LogP contribution in [0.1, 0.15) is 31.9 Å². The highest BCUT2D eigenvalue weighted by Gasteiger charge is 2.37. The molecule has 35 heavy (non-hydrogen) atoms. The third kappa shape index (κ3) is 6.23. The number of amides is 2. The van der Waals surface area contributed by atoms with Crippen LogP contribution in [0, 0.1) is 0 Å². The average molecular weight is 484 g/mol. The van der Waals surface area contributed by atoms with E-state index in [4.69, 9.17) is 19.9 Å². The summed E-state index contributed by atoms with van der Waals surface area (Å²) in [5.41, 5.74) is 7.34. The number of methoxy groups -OCH3 is 1. The van der Waals surface area contributed by atoms with Crippen LogP contribution in [-0.4, -0.2) is 66.7 Å². The van der Waals surface area contributed by atoms with Gasteiger partial charge in [0.2, 0.25) is 5.91 Å². The van der Waals surface area contributed by atoms with E-state index in [0.29, 0.717) is 17.2 Å². The molecule has 4 bridgehead atoms. The van der Waals surface area contributed by atoms with Crippen LogP contribution in [0.5, 0.6) is 11.5 Å². The summed E-state index contributed by atoms with van der Waals surface area (Å²) in [6, 6.07) is 10.6. The second-order valence-corrected chi connectivity index (χ2v) is 9.62. The number of benzene rings is 2. The summed E-state index contributed by atoms with van der Waals surface area (Å²) in [5, 5.41) is 0. The van der Waals surface area contributed by atoms with Crippen LogP contribution in [0.2, 0.25) is 0 Å². The SMILES string of the molecule is COC(=O)[C@@H]1Cc2ccc(N)c(c2)Oc2ccc(cc2)C[C@H](N(C)C(=O)OC(C)(C)C)C(=O)N1C. The Kier molecular flexibility index (Phi) is 7.57. The van der Waals surface area contributed by atoms with Gasteiger partial charge in [-0.15, -0.1) is 0 Å². The van der Waals surface area contributed by atoms with Crippen molar-refractivity contribution in [3.8, 4) is 11.5 Å². The Morgan fingerprint density at radius 3 is 2.31 bits per heavy atom. The van der Waals surface area contributed by atoms with Crippen LogP contribution in [-0.2, 0) is 31.9 Å². The Bertz CT molecular complexity index is 1090. The number of likely N-dealkylation sites (N-methyl/N-ethyl adjacent to an activating group) is 2. The summed E-state index contributed by atoms with van der Waals surface area (Å²) in [6.07, 6.45) is -0.255. The molecule has 2 heterocycles. The molecule has 0 saturated carbocycles. The maximum absolute atomic E-state index is 13.8. The first-order chi connectivity index (χ1) is 16.4. The van der Waals surface area contributed by atoms with E-state index in [0.717, 1.165) is 11.1 Å². The summed E-state index contributed by atoms with van der Waals surface area (Å²) in [6.45, 7) is 5.27. The molecule has 0 spiro atoms. The quantitative estimate of drug-likeness (QED) is 0.515. The van der Waals surface area contributed by atoms with E-state index < -0.39 is 35.7 Å². The van der Waals surface area contributed by atoms with Crippen molar-refractivity contribution in [2.24, 2.45) is 0 Å². The molecule has 0 fully saturated rings. The number of nitrogens with zero attached hydrogens (tertiary/aromatic N) is 2. The van der Waals surface area contributed by atoms with Gasteiger partial charge in [0.15, 0.2) is 5.75 Å². The fourth-order valence-electron chi connectivity index (χ4n) is 3.82. The molecule has 9 nitrogen and oxygen atoms in total. The van der Waals surface area contributed by atoms with Crippen LogP contribution in [0.25, 0.3) is 0 Å². The van der Waals surface area contributed by atoms with E-state index >= 15 is 0 Å². The number of hydrogen-bond donors (Lipinski definition) is 1. The third-order valence-electron chi connectivity index (χ3n) is 5.81. The Labute approximate surface area is 205 Å². The molecule has 0 radical (unpaired) electrons.